The molecule has 1 heteroatoms. The molecule has 2 aliphatic carbocycles. The first kappa shape index (κ1) is 9.23. The van der Waals surface area contributed by atoms with E-state index in [0.717, 1.165) is 11.8 Å². The lowest BCUT2D eigenvalue weighted by atomic mass is 9.73. The van der Waals surface area contributed by atoms with Gasteiger partial charge in [0.15, 0.2) is 0 Å². The molecule has 0 radical (unpaired) electrons. The molecule has 2 atom stereocenters. The van der Waals surface area contributed by atoms with Crippen LogP contribution in [0, 0.1) is 17.3 Å². The molecule has 2 saturated carbocycles. The zero-order chi connectivity index (χ0) is 9.31. The monoisotopic (exact) mass is 180 g/mol. The van der Waals surface area contributed by atoms with Crippen molar-refractivity contribution in [3.05, 3.63) is 0 Å². The molecule has 2 rings (SSSR count). The minimum atomic E-state index is 0.161. The molecule has 0 aliphatic heterocycles. The van der Waals surface area contributed by atoms with Crippen LogP contribution in [0.2, 0.25) is 0 Å². The minimum absolute atomic E-state index is 0.161. The molecule has 0 aromatic heterocycles. The zero-order valence-electron chi connectivity index (χ0n) is 8.59. The van der Waals surface area contributed by atoms with Crippen LogP contribution < -0.4 is 0 Å². The Balaban J connectivity index is 1.96. The summed E-state index contributed by atoms with van der Waals surface area (Å²) >= 11 is 0. The second kappa shape index (κ2) is 3.43. The van der Waals surface area contributed by atoms with Crippen molar-refractivity contribution < 1.29 is 4.79 Å². The molecule has 2 unspecified atom stereocenters. The third kappa shape index (κ3) is 1.66. The van der Waals surface area contributed by atoms with Crippen molar-refractivity contribution in [1.82, 2.24) is 0 Å². The van der Waals surface area contributed by atoms with E-state index in [1.54, 1.807) is 0 Å². The fourth-order valence-electron chi connectivity index (χ4n) is 2.95. The summed E-state index contributed by atoms with van der Waals surface area (Å²) in [7, 11) is 0. The molecule has 2 aliphatic rings. The van der Waals surface area contributed by atoms with Gasteiger partial charge in [0.05, 0.1) is 0 Å². The van der Waals surface area contributed by atoms with Crippen molar-refractivity contribution in [2.75, 3.05) is 0 Å². The molecule has 0 aromatic rings. The first-order valence-electron chi connectivity index (χ1n) is 5.77. The summed E-state index contributed by atoms with van der Waals surface area (Å²) in [5, 5.41) is 0. The lowest BCUT2D eigenvalue weighted by Gasteiger charge is -2.31. The average molecular weight is 180 g/mol. The van der Waals surface area contributed by atoms with Gasteiger partial charge >= 0.3 is 0 Å². The molecular weight excluding hydrogens is 160 g/mol. The summed E-state index contributed by atoms with van der Waals surface area (Å²) in [5.41, 5.74) is 0.161. The largest absolute Gasteiger partial charge is 0.303 e. The second-order valence-electron chi connectivity index (χ2n) is 4.99. The molecule has 2 fully saturated rings. The van der Waals surface area contributed by atoms with Crippen LogP contribution in [-0.4, -0.2) is 6.29 Å². The Labute approximate surface area is 80.9 Å². The van der Waals surface area contributed by atoms with E-state index in [2.05, 4.69) is 6.92 Å². The molecule has 0 amide bonds. The molecule has 74 valence electrons. The highest BCUT2D eigenvalue weighted by atomic mass is 16.1. The molecular formula is C12H20O. The number of aldehydes is 1. The molecule has 1 nitrogen and oxygen atoms in total. The van der Waals surface area contributed by atoms with Gasteiger partial charge in [-0.1, -0.05) is 26.2 Å². The van der Waals surface area contributed by atoms with Crippen LogP contribution in [0.15, 0.2) is 0 Å². The molecule has 13 heavy (non-hydrogen) atoms. The van der Waals surface area contributed by atoms with Gasteiger partial charge in [-0.3, -0.25) is 0 Å². The van der Waals surface area contributed by atoms with Crippen molar-refractivity contribution in [2.24, 2.45) is 17.3 Å². The van der Waals surface area contributed by atoms with Crippen LogP contribution in [0.4, 0.5) is 0 Å². The summed E-state index contributed by atoms with van der Waals surface area (Å²) in [6, 6.07) is 0. The number of rotatable bonds is 3. The van der Waals surface area contributed by atoms with Crippen molar-refractivity contribution in [1.29, 1.82) is 0 Å². The summed E-state index contributed by atoms with van der Waals surface area (Å²) in [6.45, 7) is 2.29. The van der Waals surface area contributed by atoms with E-state index in [1.807, 2.05) is 0 Å². The number of carbonyl (C=O) groups is 1. The Morgan fingerprint density at radius 2 is 2.15 bits per heavy atom. The number of carbonyl (C=O) groups excluding carboxylic acids is 1. The Hall–Kier alpha value is -0.330. The number of hydrogen-bond acceptors (Lipinski definition) is 1. The minimum Gasteiger partial charge on any atom is -0.303 e. The van der Waals surface area contributed by atoms with E-state index in [1.165, 1.54) is 51.2 Å². The first-order chi connectivity index (χ1) is 6.30. The first-order valence-corrected chi connectivity index (χ1v) is 5.77. The third-order valence-corrected chi connectivity index (χ3v) is 4.24. The molecule has 0 heterocycles. The average Bonchev–Trinajstić information content (AvgIpc) is 2.99. The van der Waals surface area contributed by atoms with Crippen LogP contribution >= 0.6 is 0 Å². The molecule has 0 bridgehead atoms. The Kier molecular flexibility index (Phi) is 2.44. The standard InChI is InChI=1S/C12H20O/c1-2-10-4-3-5-11(8-10)12(9-13)6-7-12/h9-11H,2-8H2,1H3. The lowest BCUT2D eigenvalue weighted by molar-refractivity contribution is -0.114. The predicted octanol–water partition coefficient (Wildman–Crippen LogP) is 3.18. The Morgan fingerprint density at radius 3 is 2.69 bits per heavy atom. The van der Waals surface area contributed by atoms with Gasteiger partial charge < -0.3 is 4.79 Å². The summed E-state index contributed by atoms with van der Waals surface area (Å²) in [4.78, 5) is 11.0. The van der Waals surface area contributed by atoms with Crippen LogP contribution in [0.1, 0.15) is 51.9 Å². The van der Waals surface area contributed by atoms with Gasteiger partial charge in [-0.15, -0.1) is 0 Å². The Bertz CT molecular complexity index is 193. The van der Waals surface area contributed by atoms with Gasteiger partial charge in [-0.25, -0.2) is 0 Å². The zero-order valence-corrected chi connectivity index (χ0v) is 8.59. The van der Waals surface area contributed by atoms with Crippen LogP contribution in [0.5, 0.6) is 0 Å². The van der Waals surface area contributed by atoms with E-state index in [9.17, 15) is 4.79 Å². The quantitative estimate of drug-likeness (QED) is 0.610. The third-order valence-electron chi connectivity index (χ3n) is 4.24. The summed E-state index contributed by atoms with van der Waals surface area (Å²) in [6.07, 6.45) is 10.3. The highest BCUT2D eigenvalue weighted by molar-refractivity contribution is 5.64. The normalized spacial score (nSPS) is 37.0. The van der Waals surface area contributed by atoms with Gasteiger partial charge in [0.1, 0.15) is 6.29 Å². The van der Waals surface area contributed by atoms with E-state index in [4.69, 9.17) is 0 Å². The maximum Gasteiger partial charge on any atom is 0.126 e. The smallest absolute Gasteiger partial charge is 0.126 e. The van der Waals surface area contributed by atoms with E-state index >= 15 is 0 Å². The molecule has 0 spiro atoms. The van der Waals surface area contributed by atoms with Crippen molar-refractivity contribution in [3.8, 4) is 0 Å². The fraction of sp³-hybridized carbons (Fsp3) is 0.917. The lowest BCUT2D eigenvalue weighted by Crippen LogP contribution is -2.24. The van der Waals surface area contributed by atoms with Crippen molar-refractivity contribution >= 4 is 6.29 Å². The molecule has 0 saturated heterocycles. The fourth-order valence-corrected chi connectivity index (χ4v) is 2.95. The Morgan fingerprint density at radius 1 is 1.38 bits per heavy atom. The van der Waals surface area contributed by atoms with Gasteiger partial charge in [0.25, 0.3) is 0 Å². The maximum absolute atomic E-state index is 11.0. The highest BCUT2D eigenvalue weighted by Gasteiger charge is 2.49. The van der Waals surface area contributed by atoms with Gasteiger partial charge in [0.2, 0.25) is 0 Å². The highest BCUT2D eigenvalue weighted by Crippen LogP contribution is 2.55. The topological polar surface area (TPSA) is 17.1 Å². The van der Waals surface area contributed by atoms with Crippen LogP contribution in [0.3, 0.4) is 0 Å². The molecule has 0 aromatic carbocycles. The van der Waals surface area contributed by atoms with E-state index < -0.39 is 0 Å². The molecule has 0 N–H and O–H groups in total. The summed E-state index contributed by atoms with van der Waals surface area (Å²) in [5.74, 6) is 1.65. The van der Waals surface area contributed by atoms with Crippen molar-refractivity contribution in [3.63, 3.8) is 0 Å². The second-order valence-corrected chi connectivity index (χ2v) is 4.99. The van der Waals surface area contributed by atoms with Gasteiger partial charge in [-0.2, -0.15) is 0 Å². The maximum atomic E-state index is 11.0. The number of hydrogen-bond donors (Lipinski definition) is 0. The predicted molar refractivity (Wildman–Crippen MR) is 53.5 cm³/mol. The van der Waals surface area contributed by atoms with Crippen LogP contribution in [0.25, 0.3) is 0 Å². The van der Waals surface area contributed by atoms with E-state index in [0.29, 0.717) is 0 Å². The SMILES string of the molecule is CCC1CCCC(C2(C=O)CC2)C1. The summed E-state index contributed by atoms with van der Waals surface area (Å²) < 4.78 is 0. The van der Waals surface area contributed by atoms with Crippen molar-refractivity contribution in [2.45, 2.75) is 51.9 Å². The van der Waals surface area contributed by atoms with Crippen LogP contribution in [-0.2, 0) is 4.79 Å². The van der Waals surface area contributed by atoms with Gasteiger partial charge in [0, 0.05) is 5.41 Å². The van der Waals surface area contributed by atoms with Gasteiger partial charge in [-0.05, 0) is 37.5 Å². The van der Waals surface area contributed by atoms with E-state index in [-0.39, 0.29) is 5.41 Å².